The molecule has 3 atom stereocenters. The highest BCUT2D eigenvalue weighted by Crippen LogP contribution is 2.47. The molecule has 8 heteroatoms. The Kier molecular flexibility index (Phi) is 11.1. The van der Waals surface area contributed by atoms with Gasteiger partial charge in [-0.25, -0.2) is 9.59 Å². The number of esters is 2. The highest BCUT2D eigenvalue weighted by atomic mass is 16.6. The van der Waals surface area contributed by atoms with Gasteiger partial charge in [-0.3, -0.25) is 4.79 Å². The average Bonchev–Trinajstić information content (AvgIpc) is 3.15. The number of benzene rings is 4. The molecule has 0 unspecified atom stereocenters. The van der Waals surface area contributed by atoms with Crippen molar-refractivity contribution in [2.24, 2.45) is 5.92 Å². The molecule has 0 fully saturated rings. The topological polar surface area (TPSA) is 112 Å². The molecule has 8 rings (SSSR count). The van der Waals surface area contributed by atoms with Crippen LogP contribution in [-0.4, -0.2) is 28.8 Å². The summed E-state index contributed by atoms with van der Waals surface area (Å²) in [4.78, 5) is 41.2. The number of aliphatic hydroxyl groups excluding tert-OH is 1. The van der Waals surface area contributed by atoms with Gasteiger partial charge < -0.3 is 23.7 Å². The quantitative estimate of drug-likeness (QED) is 0.105. The largest absolute Gasteiger partial charge is 0.483 e. The van der Waals surface area contributed by atoms with Gasteiger partial charge in [0.2, 0.25) is 0 Å². The van der Waals surface area contributed by atoms with Crippen LogP contribution in [-0.2, 0) is 51.4 Å². The number of fused-ring (bicyclic) bond motifs is 13. The van der Waals surface area contributed by atoms with E-state index in [0.29, 0.717) is 41.5 Å². The van der Waals surface area contributed by atoms with E-state index in [0.717, 1.165) is 36.0 Å². The van der Waals surface area contributed by atoms with E-state index >= 15 is 0 Å². The van der Waals surface area contributed by atoms with Crippen LogP contribution in [0.25, 0.3) is 11.0 Å². The van der Waals surface area contributed by atoms with E-state index in [2.05, 4.69) is 72.8 Å². The third-order valence-corrected chi connectivity index (χ3v) is 10.9. The lowest BCUT2D eigenvalue weighted by Gasteiger charge is -2.43. The molecule has 55 heavy (non-hydrogen) atoms. The number of carbonyl (C=O) groups excluding carboxylic acids is 2. The predicted molar refractivity (Wildman–Crippen MR) is 211 cm³/mol. The zero-order valence-electron chi connectivity index (χ0n) is 31.9. The van der Waals surface area contributed by atoms with Crippen molar-refractivity contribution in [3.8, 4) is 5.75 Å². The van der Waals surface area contributed by atoms with E-state index in [1.165, 1.54) is 22.8 Å². The number of carbonyl (C=O) groups is 2. The molecule has 1 aromatic heterocycles. The standard InChI is InChI=1S/C47H48O8/c1-29(2)37-20-19-30-13-15-33(16-14-30)25-35(18-17-32-11-8-12-34(24-32)23-31-9-6-5-7-10-31)26-40(49)53-44-42-39(55-47(3,4)45(44)54-46(37)51)22-21-38-36(28-48)27-41(50)52-43(38)42/h5-16,21-22,24,27,35,44-45,48H,17-20,23,25-26,28H2,1-4H3/t35-,44-,45-/m0/s1. The van der Waals surface area contributed by atoms with E-state index in [-0.39, 0.29) is 23.5 Å². The first kappa shape index (κ1) is 37.8. The van der Waals surface area contributed by atoms with Crippen LogP contribution in [0.5, 0.6) is 5.75 Å². The van der Waals surface area contributed by atoms with E-state index in [9.17, 15) is 19.5 Å². The number of hydrogen-bond donors (Lipinski definition) is 1. The number of ether oxygens (including phenoxy) is 3. The summed E-state index contributed by atoms with van der Waals surface area (Å²) >= 11 is 0. The van der Waals surface area contributed by atoms with Gasteiger partial charge in [0, 0.05) is 23.4 Å². The van der Waals surface area contributed by atoms with Crippen molar-refractivity contribution in [2.75, 3.05) is 0 Å². The van der Waals surface area contributed by atoms with Gasteiger partial charge in [-0.15, -0.1) is 0 Å². The molecule has 0 spiro atoms. The molecule has 0 amide bonds. The summed E-state index contributed by atoms with van der Waals surface area (Å²) in [5.41, 5.74) is 6.21. The lowest BCUT2D eigenvalue weighted by molar-refractivity contribution is -0.188. The molecular formula is C47H48O8. The number of allylic oxidation sites excluding steroid dienone is 1. The van der Waals surface area contributed by atoms with Crippen LogP contribution in [0.2, 0.25) is 0 Å². The van der Waals surface area contributed by atoms with Crippen LogP contribution in [0.15, 0.2) is 117 Å². The Morgan fingerprint density at radius 1 is 0.782 bits per heavy atom. The summed E-state index contributed by atoms with van der Waals surface area (Å²) in [6.45, 7) is 6.93. The summed E-state index contributed by atoms with van der Waals surface area (Å²) in [6.07, 6.45) is 1.96. The second kappa shape index (κ2) is 16.1. The van der Waals surface area contributed by atoms with Crippen LogP contribution in [0, 0.1) is 5.92 Å². The molecule has 3 aliphatic rings. The molecule has 1 N–H and O–H groups in total. The number of aliphatic hydroxyl groups is 1. The Bertz CT molecular complexity index is 2280. The summed E-state index contributed by atoms with van der Waals surface area (Å²) in [5.74, 6) is -0.730. The van der Waals surface area contributed by atoms with Crippen LogP contribution in [0.1, 0.15) is 92.0 Å². The summed E-state index contributed by atoms with van der Waals surface area (Å²) in [5, 5.41) is 10.6. The zero-order valence-corrected chi connectivity index (χ0v) is 31.9. The van der Waals surface area contributed by atoms with Gasteiger partial charge in [0.05, 0.1) is 12.2 Å². The first-order valence-electron chi connectivity index (χ1n) is 19.1. The SMILES string of the molecule is CC(C)=C1CCc2ccc(cc2)C[C@H](CCc2cccc(Cc3ccccc3)c2)CC(=O)O[C@H]2c3c(ccc4c(CO)cc(=O)oc34)OC(C)(C)[C@H]2OC1=O. The number of hydrogen-bond acceptors (Lipinski definition) is 8. The van der Waals surface area contributed by atoms with Crippen LogP contribution < -0.4 is 10.4 Å². The van der Waals surface area contributed by atoms with Crippen LogP contribution >= 0.6 is 0 Å². The Balaban J connectivity index is 1.26. The minimum Gasteiger partial charge on any atom is -0.483 e. The maximum atomic E-state index is 14.3. The molecule has 284 valence electrons. The Morgan fingerprint density at radius 2 is 1.51 bits per heavy atom. The van der Waals surface area contributed by atoms with Crippen LogP contribution in [0.4, 0.5) is 0 Å². The maximum absolute atomic E-state index is 14.3. The number of rotatable bonds is 6. The monoisotopic (exact) mass is 740 g/mol. The maximum Gasteiger partial charge on any atom is 0.336 e. The second-order valence-electron chi connectivity index (χ2n) is 15.6. The van der Waals surface area contributed by atoms with Gasteiger partial charge in [0.1, 0.15) is 16.9 Å². The van der Waals surface area contributed by atoms with Crippen LogP contribution in [0.3, 0.4) is 0 Å². The molecule has 8 nitrogen and oxygen atoms in total. The summed E-state index contributed by atoms with van der Waals surface area (Å²) < 4.78 is 25.0. The van der Waals surface area contributed by atoms with Crippen molar-refractivity contribution < 1.29 is 33.3 Å². The van der Waals surface area contributed by atoms with E-state index in [1.807, 2.05) is 19.9 Å². The first-order chi connectivity index (χ1) is 26.5. The third-order valence-electron chi connectivity index (χ3n) is 10.9. The molecule has 5 aromatic rings. The Labute approximate surface area is 321 Å². The van der Waals surface area contributed by atoms with E-state index < -0.39 is 42.0 Å². The van der Waals surface area contributed by atoms with Gasteiger partial charge in [-0.05, 0) is 118 Å². The van der Waals surface area contributed by atoms with Crippen molar-refractivity contribution in [1.82, 2.24) is 0 Å². The third kappa shape index (κ3) is 8.60. The summed E-state index contributed by atoms with van der Waals surface area (Å²) in [7, 11) is 0. The summed E-state index contributed by atoms with van der Waals surface area (Å²) in [6, 6.07) is 32.1. The molecule has 3 aliphatic heterocycles. The normalized spacial score (nSPS) is 19.9. The van der Waals surface area contributed by atoms with Gasteiger partial charge >= 0.3 is 17.6 Å². The highest BCUT2D eigenvalue weighted by molar-refractivity contribution is 5.90. The predicted octanol–water partition coefficient (Wildman–Crippen LogP) is 8.71. The minimum atomic E-state index is -1.17. The van der Waals surface area contributed by atoms with E-state index in [4.69, 9.17) is 18.6 Å². The molecule has 2 bridgehead atoms. The number of aryl methyl sites for hydroxylation is 2. The fourth-order valence-electron chi connectivity index (χ4n) is 7.95. The van der Waals surface area contributed by atoms with Crippen molar-refractivity contribution in [1.29, 1.82) is 0 Å². The lowest BCUT2D eigenvalue weighted by atomic mass is 9.86. The average molecular weight is 741 g/mol. The van der Waals surface area contributed by atoms with Crippen molar-refractivity contribution in [2.45, 2.75) is 97.1 Å². The van der Waals surface area contributed by atoms with Gasteiger partial charge in [-0.2, -0.15) is 0 Å². The molecule has 4 heterocycles. The highest BCUT2D eigenvalue weighted by Gasteiger charge is 2.50. The van der Waals surface area contributed by atoms with E-state index in [1.54, 1.807) is 26.0 Å². The lowest BCUT2D eigenvalue weighted by Crippen LogP contribution is -2.52. The first-order valence-corrected chi connectivity index (χ1v) is 19.1. The fourth-order valence-corrected chi connectivity index (χ4v) is 7.95. The minimum absolute atomic E-state index is 0.0684. The molecule has 0 saturated heterocycles. The Morgan fingerprint density at radius 3 is 2.25 bits per heavy atom. The van der Waals surface area contributed by atoms with Gasteiger partial charge in [-0.1, -0.05) is 84.4 Å². The molecule has 4 aromatic carbocycles. The van der Waals surface area contributed by atoms with Crippen molar-refractivity contribution >= 4 is 22.9 Å². The second-order valence-corrected chi connectivity index (χ2v) is 15.6. The molecular weight excluding hydrogens is 693 g/mol. The van der Waals surface area contributed by atoms with Gasteiger partial charge in [0.15, 0.2) is 12.2 Å². The smallest absolute Gasteiger partial charge is 0.336 e. The zero-order chi connectivity index (χ0) is 38.7. The van der Waals surface area contributed by atoms with Crippen molar-refractivity contribution in [3.05, 3.63) is 158 Å². The molecule has 0 aliphatic carbocycles. The molecule has 0 saturated carbocycles. The Hall–Kier alpha value is -5.47. The fraction of sp³-hybridized carbons (Fsp3) is 0.340. The van der Waals surface area contributed by atoms with Crippen molar-refractivity contribution in [3.63, 3.8) is 0 Å². The molecule has 0 radical (unpaired) electrons. The van der Waals surface area contributed by atoms with Gasteiger partial charge in [0.25, 0.3) is 0 Å².